The van der Waals surface area contributed by atoms with E-state index in [0.29, 0.717) is 0 Å². The predicted molar refractivity (Wildman–Crippen MR) is 65.7 cm³/mol. The first-order valence-electron chi connectivity index (χ1n) is 5.44. The molecule has 16 heavy (non-hydrogen) atoms. The van der Waals surface area contributed by atoms with Gasteiger partial charge in [0.05, 0.1) is 19.8 Å². The minimum absolute atomic E-state index is 0.0401. The Morgan fingerprint density at radius 3 is 2.38 bits per heavy atom. The van der Waals surface area contributed by atoms with Gasteiger partial charge in [-0.05, 0) is 28.7 Å². The first-order chi connectivity index (χ1) is 7.38. The van der Waals surface area contributed by atoms with Crippen LogP contribution in [0.1, 0.15) is 37.9 Å². The molecule has 90 valence electrons. The number of methoxy groups -OCH3 is 1. The highest BCUT2D eigenvalue weighted by Gasteiger charge is 2.17. The third-order valence-electron chi connectivity index (χ3n) is 2.66. The van der Waals surface area contributed by atoms with Crippen LogP contribution < -0.4 is 10.5 Å². The molecule has 1 atom stereocenters. The summed E-state index contributed by atoms with van der Waals surface area (Å²) in [4.78, 5) is 0. The second-order valence-electron chi connectivity index (χ2n) is 5.03. The molecule has 3 heteroatoms. The van der Waals surface area contributed by atoms with E-state index in [-0.39, 0.29) is 18.1 Å². The SMILES string of the molecule is COc1cc(C(N)CO)cc(C(C)(C)C)c1. The van der Waals surface area contributed by atoms with Gasteiger partial charge in [0.25, 0.3) is 0 Å². The number of ether oxygens (including phenoxy) is 1. The lowest BCUT2D eigenvalue weighted by atomic mass is 9.85. The van der Waals surface area contributed by atoms with Crippen LogP contribution in [0, 0.1) is 0 Å². The molecule has 0 aliphatic heterocycles. The Hall–Kier alpha value is -1.06. The summed E-state index contributed by atoms with van der Waals surface area (Å²) in [6, 6.07) is 5.56. The van der Waals surface area contributed by atoms with Crippen LogP contribution in [0.15, 0.2) is 18.2 Å². The zero-order chi connectivity index (χ0) is 12.3. The van der Waals surface area contributed by atoms with Gasteiger partial charge >= 0.3 is 0 Å². The van der Waals surface area contributed by atoms with Crippen molar-refractivity contribution < 1.29 is 9.84 Å². The fourth-order valence-electron chi connectivity index (χ4n) is 1.49. The van der Waals surface area contributed by atoms with Crippen molar-refractivity contribution >= 4 is 0 Å². The minimum Gasteiger partial charge on any atom is -0.497 e. The highest BCUT2D eigenvalue weighted by molar-refractivity contribution is 5.39. The molecule has 0 fully saturated rings. The minimum atomic E-state index is -0.351. The summed E-state index contributed by atoms with van der Waals surface area (Å²) < 4.78 is 5.25. The van der Waals surface area contributed by atoms with Crippen molar-refractivity contribution in [2.45, 2.75) is 32.2 Å². The smallest absolute Gasteiger partial charge is 0.119 e. The molecule has 1 aromatic rings. The van der Waals surface area contributed by atoms with Gasteiger partial charge in [-0.3, -0.25) is 0 Å². The average Bonchev–Trinajstić information content (AvgIpc) is 2.26. The molecule has 0 spiro atoms. The molecular formula is C13H21NO2. The monoisotopic (exact) mass is 223 g/mol. The zero-order valence-electron chi connectivity index (χ0n) is 10.4. The number of aliphatic hydroxyl groups excluding tert-OH is 1. The van der Waals surface area contributed by atoms with E-state index in [0.717, 1.165) is 16.9 Å². The van der Waals surface area contributed by atoms with Gasteiger partial charge < -0.3 is 15.6 Å². The summed E-state index contributed by atoms with van der Waals surface area (Å²) >= 11 is 0. The van der Waals surface area contributed by atoms with E-state index in [1.165, 1.54) is 0 Å². The number of benzene rings is 1. The highest BCUT2D eigenvalue weighted by atomic mass is 16.5. The molecule has 1 rings (SSSR count). The van der Waals surface area contributed by atoms with Gasteiger partial charge in [-0.2, -0.15) is 0 Å². The molecule has 0 radical (unpaired) electrons. The molecule has 1 unspecified atom stereocenters. The molecule has 0 amide bonds. The van der Waals surface area contributed by atoms with Crippen LogP contribution in [0.2, 0.25) is 0 Å². The molecule has 3 N–H and O–H groups in total. The van der Waals surface area contributed by atoms with E-state index >= 15 is 0 Å². The maximum Gasteiger partial charge on any atom is 0.119 e. The third-order valence-corrected chi connectivity index (χ3v) is 2.66. The number of rotatable bonds is 3. The van der Waals surface area contributed by atoms with Crippen molar-refractivity contribution in [3.05, 3.63) is 29.3 Å². The maximum absolute atomic E-state index is 9.08. The van der Waals surface area contributed by atoms with Gasteiger partial charge in [-0.1, -0.05) is 26.8 Å². The Labute approximate surface area is 97.2 Å². The van der Waals surface area contributed by atoms with Crippen molar-refractivity contribution in [1.82, 2.24) is 0 Å². The van der Waals surface area contributed by atoms with Crippen LogP contribution in [0.5, 0.6) is 5.75 Å². The van der Waals surface area contributed by atoms with Gasteiger partial charge in [0.1, 0.15) is 5.75 Å². The topological polar surface area (TPSA) is 55.5 Å². The largest absolute Gasteiger partial charge is 0.497 e. The Morgan fingerprint density at radius 2 is 1.94 bits per heavy atom. The van der Waals surface area contributed by atoms with Gasteiger partial charge in [0, 0.05) is 0 Å². The number of aliphatic hydroxyl groups is 1. The van der Waals surface area contributed by atoms with Crippen LogP contribution in [0.3, 0.4) is 0 Å². The lowest BCUT2D eigenvalue weighted by molar-refractivity contribution is 0.267. The van der Waals surface area contributed by atoms with E-state index in [4.69, 9.17) is 15.6 Å². The molecule has 1 aromatic carbocycles. The summed E-state index contributed by atoms with van der Waals surface area (Å²) in [7, 11) is 1.63. The Balaban J connectivity index is 3.21. The summed E-state index contributed by atoms with van der Waals surface area (Å²) in [6.07, 6.45) is 0. The standard InChI is InChI=1S/C13H21NO2/c1-13(2,3)10-5-9(12(14)8-15)6-11(7-10)16-4/h5-7,12,15H,8,14H2,1-4H3. The zero-order valence-corrected chi connectivity index (χ0v) is 10.4. The molecular weight excluding hydrogens is 202 g/mol. The molecule has 0 aromatic heterocycles. The fourth-order valence-corrected chi connectivity index (χ4v) is 1.49. The number of nitrogens with two attached hydrogens (primary N) is 1. The van der Waals surface area contributed by atoms with Crippen molar-refractivity contribution in [2.24, 2.45) is 5.73 Å². The highest BCUT2D eigenvalue weighted by Crippen LogP contribution is 2.29. The van der Waals surface area contributed by atoms with Crippen molar-refractivity contribution in [1.29, 1.82) is 0 Å². The fraction of sp³-hybridized carbons (Fsp3) is 0.538. The maximum atomic E-state index is 9.08. The van der Waals surface area contributed by atoms with Crippen LogP contribution in [0.25, 0.3) is 0 Å². The summed E-state index contributed by atoms with van der Waals surface area (Å²) in [6.45, 7) is 6.35. The van der Waals surface area contributed by atoms with Crippen molar-refractivity contribution in [3.63, 3.8) is 0 Å². The van der Waals surface area contributed by atoms with Gasteiger partial charge in [-0.15, -0.1) is 0 Å². The summed E-state index contributed by atoms with van der Waals surface area (Å²) in [5, 5.41) is 9.08. The Morgan fingerprint density at radius 1 is 1.31 bits per heavy atom. The molecule has 3 nitrogen and oxygen atoms in total. The molecule has 0 aliphatic rings. The van der Waals surface area contributed by atoms with Crippen LogP contribution in [-0.4, -0.2) is 18.8 Å². The first-order valence-corrected chi connectivity index (χ1v) is 5.44. The van der Waals surface area contributed by atoms with Crippen molar-refractivity contribution in [2.75, 3.05) is 13.7 Å². The lowest BCUT2D eigenvalue weighted by Crippen LogP contribution is -2.17. The van der Waals surface area contributed by atoms with Gasteiger partial charge in [0.2, 0.25) is 0 Å². The number of hydrogen-bond donors (Lipinski definition) is 2. The van der Waals surface area contributed by atoms with Crippen LogP contribution in [0.4, 0.5) is 0 Å². The molecule has 0 heterocycles. The van der Waals surface area contributed by atoms with Crippen LogP contribution in [-0.2, 0) is 5.41 Å². The van der Waals surface area contributed by atoms with E-state index in [1.54, 1.807) is 7.11 Å². The van der Waals surface area contributed by atoms with Crippen molar-refractivity contribution in [3.8, 4) is 5.75 Å². The lowest BCUT2D eigenvalue weighted by Gasteiger charge is -2.22. The van der Waals surface area contributed by atoms with Crippen LogP contribution >= 0.6 is 0 Å². The van der Waals surface area contributed by atoms with Gasteiger partial charge in [0.15, 0.2) is 0 Å². The second-order valence-corrected chi connectivity index (χ2v) is 5.03. The molecule has 0 aliphatic carbocycles. The molecule has 0 saturated carbocycles. The Kier molecular flexibility index (Phi) is 3.94. The van der Waals surface area contributed by atoms with E-state index in [9.17, 15) is 0 Å². The Bertz CT molecular complexity index is 355. The predicted octanol–water partition coefficient (Wildman–Crippen LogP) is 1.98. The number of hydrogen-bond acceptors (Lipinski definition) is 3. The van der Waals surface area contributed by atoms with E-state index < -0.39 is 0 Å². The van der Waals surface area contributed by atoms with E-state index in [1.807, 2.05) is 18.2 Å². The molecule has 0 saturated heterocycles. The summed E-state index contributed by atoms with van der Waals surface area (Å²) in [5.41, 5.74) is 7.93. The third kappa shape index (κ3) is 2.97. The quantitative estimate of drug-likeness (QED) is 0.824. The van der Waals surface area contributed by atoms with E-state index in [2.05, 4.69) is 20.8 Å². The normalized spacial score (nSPS) is 13.6. The van der Waals surface area contributed by atoms with Gasteiger partial charge in [-0.25, -0.2) is 0 Å². The summed E-state index contributed by atoms with van der Waals surface area (Å²) in [5.74, 6) is 0.784. The second kappa shape index (κ2) is 4.85. The first kappa shape index (κ1) is 13.0. The molecule has 0 bridgehead atoms. The average molecular weight is 223 g/mol.